The molecular formula is C29H48O3. The van der Waals surface area contributed by atoms with E-state index in [2.05, 4.69) is 41.5 Å². The Bertz CT molecular complexity index is 762. The monoisotopic (exact) mass is 444 g/mol. The van der Waals surface area contributed by atoms with E-state index >= 15 is 0 Å². The predicted molar refractivity (Wildman–Crippen MR) is 128 cm³/mol. The third-order valence-corrected chi connectivity index (χ3v) is 12.7. The minimum Gasteiger partial charge on any atom is -0.390 e. The van der Waals surface area contributed by atoms with Gasteiger partial charge in [0.15, 0.2) is 0 Å². The lowest BCUT2D eigenvalue weighted by atomic mass is 9.45. The van der Waals surface area contributed by atoms with Crippen molar-refractivity contribution in [2.75, 3.05) is 0 Å². The molecule has 5 fully saturated rings. The van der Waals surface area contributed by atoms with Crippen LogP contribution in [0.4, 0.5) is 0 Å². The molecule has 5 aliphatic rings. The SMILES string of the molecule is CC[C@@H](C(C)C)[C@H](O)[C@@H](O)[C@@H](C)[C@H]1CC[C@H]2[C@@H]3CC(=O)[C@]45C[C@@H]4CC[C@]5(C)[C@H]3CC[C@]12C. The van der Waals surface area contributed by atoms with Crippen LogP contribution in [0.3, 0.4) is 0 Å². The summed E-state index contributed by atoms with van der Waals surface area (Å²) in [6.07, 6.45) is 9.02. The van der Waals surface area contributed by atoms with Gasteiger partial charge in [0.2, 0.25) is 0 Å². The standard InChI is InChI=1S/C29H48O3/c1-7-19(16(2)3)26(32)25(31)17(4)21-8-9-22-20-14-24(30)29-15-18(29)10-13-28(29,6)23(20)11-12-27(21,22)5/h16-23,25-26,31-32H,7-15H2,1-6H3/t17-,18-,19-,20-,21+,22-,23-,25-,26-,27+,28+,29-/m0/s1. The lowest BCUT2D eigenvalue weighted by Gasteiger charge is -2.58. The Morgan fingerprint density at radius 3 is 2.31 bits per heavy atom. The van der Waals surface area contributed by atoms with Gasteiger partial charge in [-0.15, -0.1) is 0 Å². The third kappa shape index (κ3) is 2.82. The summed E-state index contributed by atoms with van der Waals surface area (Å²) >= 11 is 0. The van der Waals surface area contributed by atoms with E-state index < -0.39 is 12.2 Å². The van der Waals surface area contributed by atoms with Gasteiger partial charge in [-0.3, -0.25) is 4.79 Å². The second-order valence-electron chi connectivity index (χ2n) is 13.7. The number of fused-ring (bicyclic) bond motifs is 4. The minimum atomic E-state index is -0.656. The molecule has 0 aliphatic heterocycles. The number of hydrogen-bond donors (Lipinski definition) is 2. The molecule has 0 aromatic carbocycles. The summed E-state index contributed by atoms with van der Waals surface area (Å²) in [4.78, 5) is 13.5. The van der Waals surface area contributed by atoms with Gasteiger partial charge in [0.05, 0.1) is 12.2 Å². The van der Waals surface area contributed by atoms with Crippen LogP contribution in [0.5, 0.6) is 0 Å². The molecule has 0 bridgehead atoms. The molecule has 182 valence electrons. The fourth-order valence-electron chi connectivity index (χ4n) is 10.8. The van der Waals surface area contributed by atoms with Crippen molar-refractivity contribution in [3.8, 4) is 0 Å². The van der Waals surface area contributed by atoms with Crippen molar-refractivity contribution in [2.45, 2.75) is 112 Å². The fourth-order valence-corrected chi connectivity index (χ4v) is 10.8. The number of carbonyl (C=O) groups is 1. The smallest absolute Gasteiger partial charge is 0.140 e. The highest BCUT2D eigenvalue weighted by atomic mass is 16.3. The zero-order chi connectivity index (χ0) is 23.2. The van der Waals surface area contributed by atoms with Gasteiger partial charge in [0, 0.05) is 11.8 Å². The number of aliphatic hydroxyl groups excluding tert-OH is 2. The van der Waals surface area contributed by atoms with Crippen LogP contribution in [0, 0.1) is 63.6 Å². The first-order valence-electron chi connectivity index (χ1n) is 13.9. The molecular weight excluding hydrogens is 396 g/mol. The van der Waals surface area contributed by atoms with Crippen LogP contribution in [0.15, 0.2) is 0 Å². The zero-order valence-corrected chi connectivity index (χ0v) is 21.4. The number of ketones is 1. The number of Topliss-reactive ketones (excluding diaryl/α,β-unsaturated/α-hetero) is 1. The molecule has 5 saturated carbocycles. The average Bonchev–Trinajstić information content (AvgIpc) is 3.27. The summed E-state index contributed by atoms with van der Waals surface area (Å²) in [5.74, 6) is 4.27. The summed E-state index contributed by atoms with van der Waals surface area (Å²) in [5, 5.41) is 22.3. The summed E-state index contributed by atoms with van der Waals surface area (Å²) < 4.78 is 0. The van der Waals surface area contributed by atoms with Crippen LogP contribution in [0.25, 0.3) is 0 Å². The van der Waals surface area contributed by atoms with Crippen molar-refractivity contribution in [1.82, 2.24) is 0 Å². The van der Waals surface area contributed by atoms with Gasteiger partial charge in [0.25, 0.3) is 0 Å². The molecule has 3 heteroatoms. The summed E-state index contributed by atoms with van der Waals surface area (Å²) in [5.41, 5.74) is 0.521. The van der Waals surface area contributed by atoms with Crippen molar-refractivity contribution >= 4 is 5.78 Å². The molecule has 0 radical (unpaired) electrons. The van der Waals surface area contributed by atoms with E-state index in [1.165, 1.54) is 38.5 Å². The number of carbonyl (C=O) groups excluding carboxylic acids is 1. The van der Waals surface area contributed by atoms with E-state index in [1.54, 1.807) is 0 Å². The van der Waals surface area contributed by atoms with Crippen LogP contribution in [0.2, 0.25) is 0 Å². The van der Waals surface area contributed by atoms with Gasteiger partial charge in [0.1, 0.15) is 5.78 Å². The summed E-state index contributed by atoms with van der Waals surface area (Å²) in [6, 6.07) is 0. The number of aliphatic hydroxyl groups is 2. The van der Waals surface area contributed by atoms with E-state index in [0.717, 1.165) is 25.2 Å². The van der Waals surface area contributed by atoms with Crippen LogP contribution in [0.1, 0.15) is 99.3 Å². The highest BCUT2D eigenvalue weighted by Gasteiger charge is 2.77. The molecule has 32 heavy (non-hydrogen) atoms. The van der Waals surface area contributed by atoms with Gasteiger partial charge in [-0.2, -0.15) is 0 Å². The maximum absolute atomic E-state index is 13.5. The van der Waals surface area contributed by atoms with Crippen LogP contribution >= 0.6 is 0 Å². The average molecular weight is 445 g/mol. The van der Waals surface area contributed by atoms with Crippen molar-refractivity contribution in [1.29, 1.82) is 0 Å². The fraction of sp³-hybridized carbons (Fsp3) is 0.966. The third-order valence-electron chi connectivity index (χ3n) is 12.7. The second kappa shape index (κ2) is 7.54. The van der Waals surface area contributed by atoms with Gasteiger partial charge < -0.3 is 10.2 Å². The summed E-state index contributed by atoms with van der Waals surface area (Å²) in [7, 11) is 0. The largest absolute Gasteiger partial charge is 0.390 e. The Morgan fingerprint density at radius 2 is 1.69 bits per heavy atom. The quantitative estimate of drug-likeness (QED) is 0.539. The molecule has 5 rings (SSSR count). The normalized spacial score (nSPS) is 50.8. The first kappa shape index (κ1) is 23.3. The molecule has 0 unspecified atom stereocenters. The lowest BCUT2D eigenvalue weighted by molar-refractivity contribution is -0.153. The maximum atomic E-state index is 13.5. The Kier molecular flexibility index (Phi) is 5.50. The van der Waals surface area contributed by atoms with E-state index in [-0.39, 0.29) is 28.1 Å². The topological polar surface area (TPSA) is 57.5 Å². The van der Waals surface area contributed by atoms with Crippen LogP contribution < -0.4 is 0 Å². The van der Waals surface area contributed by atoms with Crippen molar-refractivity contribution < 1.29 is 15.0 Å². The predicted octanol–water partition coefficient (Wildman–Crippen LogP) is 5.86. The molecule has 0 saturated heterocycles. The first-order chi connectivity index (χ1) is 15.0. The van der Waals surface area contributed by atoms with Gasteiger partial charge in [-0.1, -0.05) is 48.0 Å². The van der Waals surface area contributed by atoms with Crippen molar-refractivity contribution in [3.05, 3.63) is 0 Å². The van der Waals surface area contributed by atoms with Crippen molar-refractivity contribution in [2.24, 2.45) is 63.6 Å². The molecule has 0 aromatic heterocycles. The molecule has 5 aliphatic carbocycles. The maximum Gasteiger partial charge on any atom is 0.140 e. The van der Waals surface area contributed by atoms with Gasteiger partial charge in [-0.05, 0) is 103 Å². The highest BCUT2D eigenvalue weighted by molar-refractivity contribution is 5.91. The molecule has 2 N–H and O–H groups in total. The number of rotatable bonds is 6. The summed E-state index contributed by atoms with van der Waals surface area (Å²) in [6.45, 7) is 13.6. The second-order valence-corrected chi connectivity index (χ2v) is 13.7. The molecule has 12 atom stereocenters. The van der Waals surface area contributed by atoms with Crippen molar-refractivity contribution in [3.63, 3.8) is 0 Å². The molecule has 0 aromatic rings. The number of hydrogen-bond acceptors (Lipinski definition) is 3. The van der Waals surface area contributed by atoms with E-state index in [0.29, 0.717) is 35.4 Å². The van der Waals surface area contributed by atoms with Gasteiger partial charge >= 0.3 is 0 Å². The Morgan fingerprint density at radius 1 is 0.969 bits per heavy atom. The Balaban J connectivity index is 1.36. The van der Waals surface area contributed by atoms with Crippen LogP contribution in [-0.4, -0.2) is 28.2 Å². The molecule has 3 nitrogen and oxygen atoms in total. The van der Waals surface area contributed by atoms with E-state index in [1.807, 2.05) is 0 Å². The Labute approximate surface area is 196 Å². The highest BCUT2D eigenvalue weighted by Crippen LogP contribution is 2.80. The van der Waals surface area contributed by atoms with Crippen LogP contribution in [-0.2, 0) is 4.79 Å². The molecule has 1 spiro atoms. The van der Waals surface area contributed by atoms with Gasteiger partial charge in [-0.25, -0.2) is 0 Å². The minimum absolute atomic E-state index is 0.0690. The molecule has 0 heterocycles. The first-order valence-corrected chi connectivity index (χ1v) is 13.9. The lowest BCUT2D eigenvalue weighted by Crippen LogP contribution is -2.55. The van der Waals surface area contributed by atoms with E-state index in [9.17, 15) is 15.0 Å². The Hall–Kier alpha value is -0.410. The molecule has 0 amide bonds. The van der Waals surface area contributed by atoms with E-state index in [4.69, 9.17) is 0 Å². The zero-order valence-electron chi connectivity index (χ0n) is 21.4.